The molecular formula is C23H27N3O2. The molecule has 0 unspecified atom stereocenters. The predicted octanol–water partition coefficient (Wildman–Crippen LogP) is 4.19. The molecule has 0 atom stereocenters. The number of carbonyl (C=O) groups excluding carboxylic acids is 1. The Morgan fingerprint density at radius 2 is 1.86 bits per heavy atom. The molecule has 5 nitrogen and oxygen atoms in total. The lowest BCUT2D eigenvalue weighted by atomic mass is 9.88. The molecule has 4 rings (SSSR count). The molecule has 0 bridgehead atoms. The number of rotatable bonds is 6. The van der Waals surface area contributed by atoms with Gasteiger partial charge in [0.1, 0.15) is 18.1 Å². The van der Waals surface area contributed by atoms with Crippen LogP contribution in [0.15, 0.2) is 48.5 Å². The lowest BCUT2D eigenvalue weighted by molar-refractivity contribution is -0.123. The minimum Gasteiger partial charge on any atom is -0.497 e. The fourth-order valence-corrected chi connectivity index (χ4v) is 4.40. The van der Waals surface area contributed by atoms with Gasteiger partial charge in [0, 0.05) is 6.42 Å². The minimum absolute atomic E-state index is 0.0376. The van der Waals surface area contributed by atoms with Crippen molar-refractivity contribution in [3.05, 3.63) is 59.9 Å². The first kappa shape index (κ1) is 18.5. The third kappa shape index (κ3) is 3.37. The summed E-state index contributed by atoms with van der Waals surface area (Å²) in [6.07, 6.45) is 4.99. The Bertz CT molecular complexity index is 969. The van der Waals surface area contributed by atoms with Crippen LogP contribution in [0.3, 0.4) is 0 Å². The second-order valence-electron chi connectivity index (χ2n) is 7.52. The molecule has 28 heavy (non-hydrogen) atoms. The van der Waals surface area contributed by atoms with Gasteiger partial charge in [-0.15, -0.1) is 0 Å². The molecule has 1 N–H and O–H groups in total. The van der Waals surface area contributed by atoms with Crippen molar-refractivity contribution in [1.82, 2.24) is 14.9 Å². The fraction of sp³-hybridized carbons (Fsp3) is 0.391. The maximum Gasteiger partial charge on any atom is 0.240 e. The van der Waals surface area contributed by atoms with Crippen molar-refractivity contribution in [3.63, 3.8) is 0 Å². The van der Waals surface area contributed by atoms with Gasteiger partial charge in [0.05, 0.1) is 23.7 Å². The van der Waals surface area contributed by atoms with Crippen LogP contribution in [0.2, 0.25) is 0 Å². The van der Waals surface area contributed by atoms with Crippen LogP contribution in [-0.4, -0.2) is 22.6 Å². The summed E-state index contributed by atoms with van der Waals surface area (Å²) in [7, 11) is 1.67. The Balaban J connectivity index is 1.59. The van der Waals surface area contributed by atoms with Crippen molar-refractivity contribution in [2.75, 3.05) is 7.11 Å². The number of hydrogen-bond acceptors (Lipinski definition) is 3. The Morgan fingerprint density at radius 1 is 1.14 bits per heavy atom. The van der Waals surface area contributed by atoms with Crippen LogP contribution >= 0.6 is 0 Å². The van der Waals surface area contributed by atoms with Crippen LogP contribution < -0.4 is 10.1 Å². The topological polar surface area (TPSA) is 56.2 Å². The lowest BCUT2D eigenvalue weighted by Crippen LogP contribution is -2.45. The van der Waals surface area contributed by atoms with Gasteiger partial charge in [-0.05, 0) is 42.7 Å². The average Bonchev–Trinajstić information content (AvgIpc) is 3.33. The lowest BCUT2D eigenvalue weighted by Gasteiger charge is -2.31. The number of hydrogen-bond donors (Lipinski definition) is 1. The Morgan fingerprint density at radius 3 is 2.54 bits per heavy atom. The van der Waals surface area contributed by atoms with Gasteiger partial charge in [0.15, 0.2) is 0 Å². The van der Waals surface area contributed by atoms with Crippen LogP contribution in [0.5, 0.6) is 5.75 Å². The van der Waals surface area contributed by atoms with Crippen molar-refractivity contribution < 1.29 is 9.53 Å². The zero-order valence-corrected chi connectivity index (χ0v) is 16.6. The summed E-state index contributed by atoms with van der Waals surface area (Å²) >= 11 is 0. The summed E-state index contributed by atoms with van der Waals surface area (Å²) in [6, 6.07) is 16.1. The summed E-state index contributed by atoms with van der Waals surface area (Å²) in [4.78, 5) is 17.8. The monoisotopic (exact) mass is 377 g/mol. The number of amides is 1. The van der Waals surface area contributed by atoms with Gasteiger partial charge in [0.25, 0.3) is 0 Å². The average molecular weight is 377 g/mol. The van der Waals surface area contributed by atoms with Gasteiger partial charge < -0.3 is 14.6 Å². The van der Waals surface area contributed by atoms with Gasteiger partial charge in [0.2, 0.25) is 5.91 Å². The molecule has 0 saturated heterocycles. The molecular weight excluding hydrogens is 350 g/mol. The highest BCUT2D eigenvalue weighted by molar-refractivity contribution is 5.81. The number of imidazole rings is 1. The van der Waals surface area contributed by atoms with Gasteiger partial charge in [-0.3, -0.25) is 4.79 Å². The van der Waals surface area contributed by atoms with Crippen molar-refractivity contribution in [2.45, 2.75) is 51.1 Å². The molecule has 1 saturated carbocycles. The quantitative estimate of drug-likeness (QED) is 0.701. The number of methoxy groups -OCH3 is 1. The van der Waals surface area contributed by atoms with Crippen LogP contribution in [0, 0.1) is 0 Å². The van der Waals surface area contributed by atoms with Crippen molar-refractivity contribution in [1.29, 1.82) is 0 Å². The summed E-state index contributed by atoms with van der Waals surface area (Å²) in [5.74, 6) is 1.82. The van der Waals surface area contributed by atoms with Gasteiger partial charge in [-0.25, -0.2) is 4.98 Å². The van der Waals surface area contributed by atoms with Gasteiger partial charge in [-0.2, -0.15) is 0 Å². The van der Waals surface area contributed by atoms with Crippen LogP contribution in [0.4, 0.5) is 0 Å². The van der Waals surface area contributed by atoms with Crippen LogP contribution in [-0.2, 0) is 23.3 Å². The number of carbonyl (C=O) groups is 1. The van der Waals surface area contributed by atoms with Crippen LogP contribution in [0.1, 0.15) is 44.0 Å². The summed E-state index contributed by atoms with van der Waals surface area (Å²) in [5, 5.41) is 3.37. The number of fused-ring (bicyclic) bond motifs is 1. The van der Waals surface area contributed by atoms with E-state index in [0.29, 0.717) is 6.54 Å². The summed E-state index contributed by atoms with van der Waals surface area (Å²) < 4.78 is 7.33. The number of nitrogens with one attached hydrogen (secondary N) is 1. The van der Waals surface area contributed by atoms with Crippen molar-refractivity contribution in [2.24, 2.45) is 0 Å². The van der Waals surface area contributed by atoms with Crippen LogP contribution in [0.25, 0.3) is 11.0 Å². The zero-order chi connectivity index (χ0) is 19.6. The third-order valence-corrected chi connectivity index (χ3v) is 5.83. The molecule has 1 heterocycles. The molecule has 1 aliphatic rings. The Kier molecular flexibility index (Phi) is 5.07. The fourth-order valence-electron chi connectivity index (χ4n) is 4.40. The SMILES string of the molecule is CCc1nc2ccccc2n1CC(=O)NC1(c2ccc(OC)cc2)CCCC1. The number of aromatic nitrogens is 2. The van der Waals surface area contributed by atoms with Gasteiger partial charge in [-0.1, -0.05) is 44.0 Å². The van der Waals surface area contributed by atoms with E-state index >= 15 is 0 Å². The predicted molar refractivity (Wildman–Crippen MR) is 110 cm³/mol. The molecule has 146 valence electrons. The molecule has 0 spiro atoms. The van der Waals surface area contributed by atoms with E-state index in [4.69, 9.17) is 4.74 Å². The van der Waals surface area contributed by atoms with Gasteiger partial charge >= 0.3 is 0 Å². The molecule has 1 aliphatic carbocycles. The first-order valence-electron chi connectivity index (χ1n) is 10.0. The molecule has 3 aromatic rings. The van der Waals surface area contributed by atoms with Crippen molar-refractivity contribution in [3.8, 4) is 5.75 Å². The first-order chi connectivity index (χ1) is 13.6. The summed E-state index contributed by atoms with van der Waals surface area (Å²) in [5.41, 5.74) is 2.83. The minimum atomic E-state index is -0.286. The second-order valence-corrected chi connectivity index (χ2v) is 7.52. The first-order valence-corrected chi connectivity index (χ1v) is 10.0. The standard InChI is InChI=1S/C23H27N3O2/c1-3-21-24-19-8-4-5-9-20(19)26(21)16-22(27)25-23(14-6-7-15-23)17-10-12-18(28-2)13-11-17/h4-5,8-13H,3,6-7,14-16H2,1-2H3,(H,25,27). The highest BCUT2D eigenvalue weighted by atomic mass is 16.5. The van der Waals surface area contributed by atoms with E-state index in [9.17, 15) is 4.79 Å². The van der Waals surface area contributed by atoms with E-state index < -0.39 is 0 Å². The molecule has 1 amide bonds. The normalized spacial score (nSPS) is 15.6. The maximum atomic E-state index is 13.1. The van der Waals surface area contributed by atoms with E-state index in [1.807, 2.05) is 41.0 Å². The Hall–Kier alpha value is -2.82. The molecule has 0 aliphatic heterocycles. The highest BCUT2D eigenvalue weighted by Gasteiger charge is 2.37. The number of nitrogens with zero attached hydrogens (tertiary/aromatic N) is 2. The number of aryl methyl sites for hydroxylation is 1. The van der Waals surface area contributed by atoms with E-state index in [2.05, 4.69) is 29.4 Å². The second kappa shape index (κ2) is 7.66. The van der Waals surface area contributed by atoms with Crippen molar-refractivity contribution >= 4 is 16.9 Å². The third-order valence-electron chi connectivity index (χ3n) is 5.83. The van der Waals surface area contributed by atoms with E-state index in [1.54, 1.807) is 7.11 Å². The number of benzene rings is 2. The zero-order valence-electron chi connectivity index (χ0n) is 16.6. The van der Waals surface area contributed by atoms with E-state index in [1.165, 1.54) is 0 Å². The molecule has 0 radical (unpaired) electrons. The molecule has 5 heteroatoms. The molecule has 2 aromatic carbocycles. The number of ether oxygens (including phenoxy) is 1. The Labute approximate surface area is 165 Å². The largest absolute Gasteiger partial charge is 0.497 e. The van der Waals surface area contributed by atoms with E-state index in [-0.39, 0.29) is 11.4 Å². The smallest absolute Gasteiger partial charge is 0.240 e. The highest BCUT2D eigenvalue weighted by Crippen LogP contribution is 2.39. The molecule has 1 aromatic heterocycles. The molecule has 1 fully saturated rings. The summed E-state index contributed by atoms with van der Waals surface area (Å²) in [6.45, 7) is 2.37. The number of para-hydroxylation sites is 2. The maximum absolute atomic E-state index is 13.1. The van der Waals surface area contributed by atoms with E-state index in [0.717, 1.165) is 60.3 Å².